The Morgan fingerprint density at radius 2 is 2.16 bits per heavy atom. The highest BCUT2D eigenvalue weighted by molar-refractivity contribution is 8.15. The number of amides is 2. The molecule has 0 fully saturated rings. The molecule has 1 N–H and O–H groups in total. The normalized spacial score (nSPS) is 18.1. The van der Waals surface area contributed by atoms with Crippen LogP contribution in [-0.4, -0.2) is 30.0 Å². The number of nitrogens with one attached hydrogen (secondary N) is 1. The second-order valence-electron chi connectivity index (χ2n) is 4.71. The van der Waals surface area contributed by atoms with E-state index in [1.165, 1.54) is 11.1 Å². The van der Waals surface area contributed by atoms with Crippen LogP contribution in [0, 0.1) is 13.8 Å². The van der Waals surface area contributed by atoms with E-state index in [1.54, 1.807) is 23.7 Å². The molecule has 1 aromatic rings. The van der Waals surface area contributed by atoms with E-state index in [0.717, 1.165) is 17.4 Å². The van der Waals surface area contributed by atoms with Crippen molar-refractivity contribution in [2.24, 2.45) is 4.99 Å². The number of hydrogen-bond donors (Lipinski definition) is 1. The monoisotopic (exact) mass is 277 g/mol. The van der Waals surface area contributed by atoms with E-state index >= 15 is 0 Å². The lowest BCUT2D eigenvalue weighted by atomic mass is 10.1. The van der Waals surface area contributed by atoms with Crippen LogP contribution in [0.25, 0.3) is 0 Å². The summed E-state index contributed by atoms with van der Waals surface area (Å²) < 4.78 is 0. The van der Waals surface area contributed by atoms with Crippen molar-refractivity contribution in [3.05, 3.63) is 29.3 Å². The van der Waals surface area contributed by atoms with E-state index in [2.05, 4.69) is 24.2 Å². The van der Waals surface area contributed by atoms with Crippen LogP contribution in [0.1, 0.15) is 18.1 Å². The Morgan fingerprint density at radius 1 is 1.42 bits per heavy atom. The number of thioether (sulfide) groups is 1. The summed E-state index contributed by atoms with van der Waals surface area (Å²) in [6.07, 6.45) is 0. The van der Waals surface area contributed by atoms with Crippen LogP contribution in [0.3, 0.4) is 0 Å². The maximum Gasteiger partial charge on any atom is 0.327 e. The van der Waals surface area contributed by atoms with Crippen LogP contribution in [-0.2, 0) is 0 Å². The summed E-state index contributed by atoms with van der Waals surface area (Å²) in [5.74, 6) is 0. The van der Waals surface area contributed by atoms with Gasteiger partial charge in [0.15, 0.2) is 5.17 Å². The molecule has 1 aliphatic rings. The van der Waals surface area contributed by atoms with Crippen molar-refractivity contribution in [3.63, 3.8) is 0 Å². The SMILES string of the molecule is CNC(=O)N(C1=NC[C@@H](C)S1)c1ccc(C)c(C)c1. The van der Waals surface area contributed by atoms with Crippen molar-refractivity contribution in [2.75, 3.05) is 18.5 Å². The molecule has 0 unspecified atom stereocenters. The van der Waals surface area contributed by atoms with Crippen molar-refractivity contribution in [1.29, 1.82) is 0 Å². The minimum atomic E-state index is -0.149. The highest BCUT2D eigenvalue weighted by Crippen LogP contribution is 2.28. The van der Waals surface area contributed by atoms with Crippen LogP contribution >= 0.6 is 11.8 Å². The average molecular weight is 277 g/mol. The van der Waals surface area contributed by atoms with Gasteiger partial charge >= 0.3 is 6.03 Å². The predicted octanol–water partition coefficient (Wildman–Crippen LogP) is 2.94. The van der Waals surface area contributed by atoms with Gasteiger partial charge in [0.1, 0.15) is 0 Å². The van der Waals surface area contributed by atoms with Crippen molar-refractivity contribution in [2.45, 2.75) is 26.0 Å². The van der Waals surface area contributed by atoms with E-state index in [9.17, 15) is 4.79 Å². The molecule has 0 saturated carbocycles. The molecule has 1 atom stereocenters. The maximum absolute atomic E-state index is 12.1. The first kappa shape index (κ1) is 13.9. The van der Waals surface area contributed by atoms with Crippen LogP contribution in [0.4, 0.5) is 10.5 Å². The Balaban J connectivity index is 2.37. The molecule has 0 radical (unpaired) electrons. The maximum atomic E-state index is 12.1. The first-order chi connectivity index (χ1) is 9.02. The number of aliphatic imine (C=N–C) groups is 1. The summed E-state index contributed by atoms with van der Waals surface area (Å²) in [4.78, 5) is 18.2. The van der Waals surface area contributed by atoms with Gasteiger partial charge in [0.05, 0.1) is 12.2 Å². The van der Waals surface area contributed by atoms with Crippen molar-refractivity contribution in [1.82, 2.24) is 5.32 Å². The summed E-state index contributed by atoms with van der Waals surface area (Å²) in [6.45, 7) is 6.99. The Morgan fingerprint density at radius 3 is 2.68 bits per heavy atom. The number of carbonyl (C=O) groups is 1. The number of benzene rings is 1. The Hall–Kier alpha value is -1.49. The van der Waals surface area contributed by atoms with Gasteiger partial charge in [-0.3, -0.25) is 4.99 Å². The third kappa shape index (κ3) is 2.92. The molecule has 19 heavy (non-hydrogen) atoms. The van der Waals surface area contributed by atoms with E-state index in [1.807, 2.05) is 25.1 Å². The first-order valence-electron chi connectivity index (χ1n) is 6.33. The Bertz CT molecular complexity index is 527. The van der Waals surface area contributed by atoms with E-state index in [0.29, 0.717) is 5.25 Å². The van der Waals surface area contributed by atoms with Gasteiger partial charge < -0.3 is 5.32 Å². The average Bonchev–Trinajstić information content (AvgIpc) is 2.80. The number of urea groups is 1. The summed E-state index contributed by atoms with van der Waals surface area (Å²) in [5, 5.41) is 3.88. The van der Waals surface area contributed by atoms with Gasteiger partial charge in [-0.1, -0.05) is 24.8 Å². The molecule has 1 aliphatic heterocycles. The number of hydrogen-bond acceptors (Lipinski definition) is 3. The summed E-state index contributed by atoms with van der Waals surface area (Å²) in [7, 11) is 1.64. The molecule has 1 aromatic carbocycles. The molecule has 4 nitrogen and oxygen atoms in total. The minimum Gasteiger partial charge on any atom is -0.340 e. The number of aryl methyl sites for hydroxylation is 2. The zero-order valence-electron chi connectivity index (χ0n) is 11.7. The standard InChI is InChI=1S/C14H19N3OS/c1-9-5-6-12(7-10(9)2)17(13(18)15-4)14-16-8-11(3)19-14/h5-7,11H,8H2,1-4H3,(H,15,18)/t11-/m1/s1. The van der Waals surface area contributed by atoms with Crippen molar-refractivity contribution < 1.29 is 4.79 Å². The number of nitrogens with zero attached hydrogens (tertiary/aromatic N) is 2. The molecule has 2 rings (SSSR count). The molecule has 2 amide bonds. The fraction of sp³-hybridized carbons (Fsp3) is 0.429. The molecule has 0 aliphatic carbocycles. The molecule has 5 heteroatoms. The predicted molar refractivity (Wildman–Crippen MR) is 82.2 cm³/mol. The molecule has 0 bridgehead atoms. The van der Waals surface area contributed by atoms with Crippen molar-refractivity contribution >= 4 is 28.6 Å². The van der Waals surface area contributed by atoms with Gasteiger partial charge in [-0.15, -0.1) is 0 Å². The lowest BCUT2D eigenvalue weighted by molar-refractivity contribution is 0.251. The van der Waals surface area contributed by atoms with E-state index in [-0.39, 0.29) is 6.03 Å². The molecule has 1 heterocycles. The van der Waals surface area contributed by atoms with Gasteiger partial charge in [-0.05, 0) is 37.1 Å². The molecular weight excluding hydrogens is 258 g/mol. The summed E-state index contributed by atoms with van der Waals surface area (Å²) >= 11 is 1.64. The summed E-state index contributed by atoms with van der Waals surface area (Å²) in [6, 6.07) is 5.87. The Kier molecular flexibility index (Phi) is 4.14. The van der Waals surface area contributed by atoms with Gasteiger partial charge in [-0.2, -0.15) is 0 Å². The third-order valence-corrected chi connectivity index (χ3v) is 4.22. The minimum absolute atomic E-state index is 0.149. The van der Waals surface area contributed by atoms with Crippen LogP contribution in [0.5, 0.6) is 0 Å². The van der Waals surface area contributed by atoms with Gasteiger partial charge in [-0.25, -0.2) is 9.69 Å². The zero-order valence-corrected chi connectivity index (χ0v) is 12.5. The molecule has 0 spiro atoms. The number of anilines is 1. The highest BCUT2D eigenvalue weighted by atomic mass is 32.2. The lowest BCUT2D eigenvalue weighted by Crippen LogP contribution is -2.41. The van der Waals surface area contributed by atoms with Crippen LogP contribution in [0.15, 0.2) is 23.2 Å². The molecule has 0 saturated heterocycles. The highest BCUT2D eigenvalue weighted by Gasteiger charge is 2.26. The largest absolute Gasteiger partial charge is 0.340 e. The zero-order chi connectivity index (χ0) is 14.0. The van der Waals surface area contributed by atoms with Crippen molar-refractivity contribution in [3.8, 4) is 0 Å². The second-order valence-corrected chi connectivity index (χ2v) is 6.12. The first-order valence-corrected chi connectivity index (χ1v) is 7.21. The van der Waals surface area contributed by atoms with Gasteiger partial charge in [0, 0.05) is 12.3 Å². The lowest BCUT2D eigenvalue weighted by Gasteiger charge is -2.22. The number of rotatable bonds is 1. The third-order valence-electron chi connectivity index (χ3n) is 3.15. The van der Waals surface area contributed by atoms with Gasteiger partial charge in [0.2, 0.25) is 0 Å². The second kappa shape index (κ2) is 5.65. The smallest absolute Gasteiger partial charge is 0.327 e. The van der Waals surface area contributed by atoms with Crippen LogP contribution < -0.4 is 10.2 Å². The topological polar surface area (TPSA) is 44.7 Å². The quantitative estimate of drug-likeness (QED) is 0.857. The fourth-order valence-corrected chi connectivity index (χ4v) is 2.83. The molecular formula is C14H19N3OS. The van der Waals surface area contributed by atoms with Crippen LogP contribution in [0.2, 0.25) is 0 Å². The fourth-order valence-electron chi connectivity index (χ4n) is 1.88. The van der Waals surface area contributed by atoms with Gasteiger partial charge in [0.25, 0.3) is 0 Å². The number of amidine groups is 1. The van der Waals surface area contributed by atoms with E-state index < -0.39 is 0 Å². The Labute approximate surface area is 118 Å². The number of carbonyl (C=O) groups excluding carboxylic acids is 1. The molecule has 0 aromatic heterocycles. The molecule has 102 valence electrons. The van der Waals surface area contributed by atoms with E-state index in [4.69, 9.17) is 0 Å². The summed E-state index contributed by atoms with van der Waals surface area (Å²) in [5.41, 5.74) is 3.25.